The van der Waals surface area contributed by atoms with Gasteiger partial charge in [-0.2, -0.15) is 4.98 Å². The number of nitrogens with one attached hydrogen (secondary N) is 2. The topological polar surface area (TPSA) is 66.9 Å². The normalized spacial score (nSPS) is 10.1. The Morgan fingerprint density at radius 1 is 1.13 bits per heavy atom. The van der Waals surface area contributed by atoms with Crippen LogP contribution in [0.15, 0.2) is 53.0 Å². The second-order valence-electron chi connectivity index (χ2n) is 4.65. The molecular weight excluding hydrogens is 356 g/mol. The quantitative estimate of drug-likeness (QED) is 0.693. The van der Waals surface area contributed by atoms with Crippen molar-refractivity contribution in [3.8, 4) is 12.3 Å². The van der Waals surface area contributed by atoms with E-state index >= 15 is 0 Å². The zero-order chi connectivity index (χ0) is 16.2. The highest BCUT2D eigenvalue weighted by atomic mass is 79.9. The molecule has 0 saturated heterocycles. The predicted octanol–water partition coefficient (Wildman–Crippen LogP) is 3.71. The van der Waals surface area contributed by atoms with Crippen LogP contribution in [0.25, 0.3) is 10.9 Å². The highest BCUT2D eigenvalue weighted by Crippen LogP contribution is 2.26. The van der Waals surface area contributed by atoms with Gasteiger partial charge in [0.2, 0.25) is 5.95 Å². The van der Waals surface area contributed by atoms with E-state index in [-0.39, 0.29) is 5.95 Å². The van der Waals surface area contributed by atoms with E-state index in [4.69, 9.17) is 6.42 Å². The van der Waals surface area contributed by atoms with Gasteiger partial charge in [0.1, 0.15) is 5.82 Å². The first-order chi connectivity index (χ1) is 11.2. The van der Waals surface area contributed by atoms with Crippen LogP contribution < -0.4 is 10.6 Å². The molecule has 0 bridgehead atoms. The summed E-state index contributed by atoms with van der Waals surface area (Å²) in [5.41, 5.74) is 1.56. The number of para-hydroxylation sites is 1. The molecule has 0 aliphatic rings. The molecule has 0 radical (unpaired) electrons. The highest BCUT2D eigenvalue weighted by molar-refractivity contribution is 9.10. The molecule has 0 fully saturated rings. The molecule has 0 spiro atoms. The Morgan fingerprint density at radius 3 is 2.74 bits per heavy atom. The van der Waals surface area contributed by atoms with Crippen molar-refractivity contribution >= 4 is 50.2 Å². The minimum atomic E-state index is -0.589. The van der Waals surface area contributed by atoms with Gasteiger partial charge in [-0.3, -0.25) is 10.1 Å². The molecule has 3 rings (SSSR count). The summed E-state index contributed by atoms with van der Waals surface area (Å²) in [5.74, 6) is 2.13. The second kappa shape index (κ2) is 6.46. The van der Waals surface area contributed by atoms with Crippen LogP contribution in [0.1, 0.15) is 0 Å². The number of hydrogen-bond donors (Lipinski definition) is 2. The number of fused-ring (bicyclic) bond motifs is 1. The van der Waals surface area contributed by atoms with Crippen molar-refractivity contribution in [3.63, 3.8) is 0 Å². The van der Waals surface area contributed by atoms with Crippen molar-refractivity contribution < 1.29 is 4.79 Å². The number of nitrogens with zero attached hydrogens (tertiary/aromatic N) is 2. The molecule has 5 nitrogen and oxygen atoms in total. The first kappa shape index (κ1) is 15.0. The maximum Gasteiger partial charge on any atom is 0.302 e. The molecule has 0 saturated carbocycles. The molecule has 0 aliphatic carbocycles. The van der Waals surface area contributed by atoms with Crippen LogP contribution in [-0.4, -0.2) is 15.9 Å². The molecule has 3 aromatic rings. The van der Waals surface area contributed by atoms with E-state index in [0.717, 1.165) is 15.5 Å². The van der Waals surface area contributed by atoms with Gasteiger partial charge >= 0.3 is 5.91 Å². The van der Waals surface area contributed by atoms with Gasteiger partial charge in [0.05, 0.1) is 5.52 Å². The average molecular weight is 367 g/mol. The predicted molar refractivity (Wildman–Crippen MR) is 94.4 cm³/mol. The first-order valence-corrected chi connectivity index (χ1v) is 7.52. The smallest absolute Gasteiger partial charge is 0.302 e. The zero-order valence-electron chi connectivity index (χ0n) is 11.9. The first-order valence-electron chi connectivity index (χ1n) is 6.72. The van der Waals surface area contributed by atoms with Gasteiger partial charge < -0.3 is 5.32 Å². The summed E-state index contributed by atoms with van der Waals surface area (Å²) in [6.45, 7) is 0. The monoisotopic (exact) mass is 366 g/mol. The fourth-order valence-corrected chi connectivity index (χ4v) is 2.47. The molecule has 0 unspecified atom stereocenters. The summed E-state index contributed by atoms with van der Waals surface area (Å²) in [7, 11) is 0. The number of aromatic nitrogens is 2. The van der Waals surface area contributed by atoms with E-state index in [1.54, 1.807) is 0 Å². The maximum absolute atomic E-state index is 11.4. The molecule has 6 heteroatoms. The van der Waals surface area contributed by atoms with Gasteiger partial charge in [0.15, 0.2) is 0 Å². The standard InChI is InChI=1S/C17H11BrN4O/c1-2-15(23)21-17-20-14-9-4-3-8-13(14)16(22-17)19-12-7-5-6-11(18)10-12/h1,3-10H,(H2,19,20,21,22,23). The molecule has 2 aromatic carbocycles. The Kier molecular flexibility index (Phi) is 4.22. The average Bonchev–Trinajstić information content (AvgIpc) is 2.55. The molecule has 0 atom stereocenters. The summed E-state index contributed by atoms with van der Waals surface area (Å²) < 4.78 is 0.946. The lowest BCUT2D eigenvalue weighted by Crippen LogP contribution is -2.12. The second-order valence-corrected chi connectivity index (χ2v) is 5.56. The molecular formula is C17H11BrN4O. The van der Waals surface area contributed by atoms with Crippen LogP contribution in [0, 0.1) is 12.3 Å². The van der Waals surface area contributed by atoms with Crippen molar-refractivity contribution in [2.24, 2.45) is 0 Å². The third-order valence-electron chi connectivity index (χ3n) is 3.05. The van der Waals surface area contributed by atoms with Crippen LogP contribution in [0.5, 0.6) is 0 Å². The maximum atomic E-state index is 11.4. The molecule has 0 aliphatic heterocycles. The number of amides is 1. The third-order valence-corrected chi connectivity index (χ3v) is 3.54. The molecule has 2 N–H and O–H groups in total. The minimum Gasteiger partial charge on any atom is -0.340 e. The lowest BCUT2D eigenvalue weighted by atomic mass is 10.2. The zero-order valence-corrected chi connectivity index (χ0v) is 13.5. The number of carbonyl (C=O) groups excluding carboxylic acids is 1. The van der Waals surface area contributed by atoms with E-state index in [2.05, 4.69) is 36.5 Å². The number of hydrogen-bond acceptors (Lipinski definition) is 4. The Balaban J connectivity index is 2.06. The van der Waals surface area contributed by atoms with Crippen molar-refractivity contribution in [1.29, 1.82) is 0 Å². The lowest BCUT2D eigenvalue weighted by Gasteiger charge is -2.11. The summed E-state index contributed by atoms with van der Waals surface area (Å²) in [5, 5.41) is 6.55. The van der Waals surface area contributed by atoms with Crippen molar-refractivity contribution in [3.05, 3.63) is 53.0 Å². The SMILES string of the molecule is C#CC(=O)Nc1nc(Nc2cccc(Br)c2)c2ccccc2n1. The van der Waals surface area contributed by atoms with Gasteiger partial charge in [-0.05, 0) is 36.3 Å². The molecule has 1 amide bonds. The highest BCUT2D eigenvalue weighted by Gasteiger charge is 2.09. The number of halogens is 1. The van der Waals surface area contributed by atoms with Crippen molar-refractivity contribution in [1.82, 2.24) is 9.97 Å². The van der Waals surface area contributed by atoms with Crippen molar-refractivity contribution in [2.75, 3.05) is 10.6 Å². The summed E-state index contributed by atoms with van der Waals surface area (Å²) in [6.07, 6.45) is 5.07. The van der Waals surface area contributed by atoms with Crippen LogP contribution >= 0.6 is 15.9 Å². The Labute approximate surface area is 141 Å². The number of carbonyl (C=O) groups is 1. The molecule has 112 valence electrons. The van der Waals surface area contributed by atoms with Crippen LogP contribution in [0.3, 0.4) is 0 Å². The Bertz CT molecular complexity index is 933. The number of terminal acetylenes is 1. The summed E-state index contributed by atoms with van der Waals surface area (Å²) in [6, 6.07) is 15.2. The van der Waals surface area contributed by atoms with Crippen LogP contribution in [0.2, 0.25) is 0 Å². The Morgan fingerprint density at radius 2 is 1.96 bits per heavy atom. The van der Waals surface area contributed by atoms with Gasteiger partial charge in [0, 0.05) is 15.5 Å². The largest absolute Gasteiger partial charge is 0.340 e. The van der Waals surface area contributed by atoms with Crippen molar-refractivity contribution in [2.45, 2.75) is 0 Å². The van der Waals surface area contributed by atoms with E-state index in [1.165, 1.54) is 0 Å². The Hall–Kier alpha value is -2.91. The number of rotatable bonds is 3. The van der Waals surface area contributed by atoms with Gasteiger partial charge in [-0.15, -0.1) is 6.42 Å². The summed E-state index contributed by atoms with van der Waals surface area (Å²) >= 11 is 3.43. The molecule has 1 aromatic heterocycles. The molecule has 1 heterocycles. The minimum absolute atomic E-state index is 0.157. The fraction of sp³-hybridized carbons (Fsp3) is 0. The van der Waals surface area contributed by atoms with E-state index in [0.29, 0.717) is 11.3 Å². The van der Waals surface area contributed by atoms with Gasteiger partial charge in [-0.25, -0.2) is 4.98 Å². The number of benzene rings is 2. The van der Waals surface area contributed by atoms with Crippen LogP contribution in [0.4, 0.5) is 17.5 Å². The third kappa shape index (κ3) is 3.47. The number of anilines is 3. The lowest BCUT2D eigenvalue weighted by molar-refractivity contribution is -0.111. The molecule has 23 heavy (non-hydrogen) atoms. The van der Waals surface area contributed by atoms with E-state index in [1.807, 2.05) is 54.5 Å². The van der Waals surface area contributed by atoms with Gasteiger partial charge in [-0.1, -0.05) is 34.1 Å². The van der Waals surface area contributed by atoms with Gasteiger partial charge in [0.25, 0.3) is 0 Å². The van der Waals surface area contributed by atoms with E-state index in [9.17, 15) is 4.79 Å². The fourth-order valence-electron chi connectivity index (χ4n) is 2.07. The van der Waals surface area contributed by atoms with E-state index < -0.39 is 5.91 Å². The van der Waals surface area contributed by atoms with Crippen LogP contribution in [-0.2, 0) is 4.79 Å². The summed E-state index contributed by atoms with van der Waals surface area (Å²) in [4.78, 5) is 20.0.